The molecule has 5 heteroatoms. The molecule has 0 aromatic heterocycles. The smallest absolute Gasteiger partial charge is 0.326 e. The number of benzene rings is 3. The molecule has 1 fully saturated rings. The van der Waals surface area contributed by atoms with Gasteiger partial charge < -0.3 is 4.74 Å². The molecule has 3 aromatic rings. The van der Waals surface area contributed by atoms with E-state index in [0.29, 0.717) is 11.3 Å². The van der Waals surface area contributed by atoms with Crippen molar-refractivity contribution in [3.8, 4) is 5.75 Å². The summed E-state index contributed by atoms with van der Waals surface area (Å²) in [6.45, 7) is 3.10. The summed E-state index contributed by atoms with van der Waals surface area (Å²) in [5, 5.41) is 1.88. The molecular formula is C24H17BrO4. The van der Waals surface area contributed by atoms with Crippen LogP contribution in [-0.4, -0.2) is 17.5 Å². The third-order valence-corrected chi connectivity index (χ3v) is 7.15. The topological polar surface area (TPSA) is 60.4 Å². The van der Waals surface area contributed by atoms with Gasteiger partial charge in [-0.1, -0.05) is 65.3 Å². The molecule has 4 nitrogen and oxygen atoms in total. The van der Waals surface area contributed by atoms with Crippen LogP contribution in [0.3, 0.4) is 0 Å². The molecule has 0 amide bonds. The van der Waals surface area contributed by atoms with Crippen LogP contribution >= 0.6 is 15.9 Å². The van der Waals surface area contributed by atoms with Crippen LogP contribution in [0.4, 0.5) is 0 Å². The van der Waals surface area contributed by atoms with E-state index in [2.05, 4.69) is 15.9 Å². The Bertz CT molecular complexity index is 1230. The van der Waals surface area contributed by atoms with E-state index in [1.54, 1.807) is 37.3 Å². The van der Waals surface area contributed by atoms with Gasteiger partial charge >= 0.3 is 5.97 Å². The molecule has 2 aliphatic rings. The summed E-state index contributed by atoms with van der Waals surface area (Å²) in [5.41, 5.74) is -1.45. The zero-order chi connectivity index (χ0) is 20.6. The minimum absolute atomic E-state index is 0.220. The first kappa shape index (κ1) is 18.3. The fourth-order valence-corrected chi connectivity index (χ4v) is 5.49. The molecule has 1 saturated carbocycles. The predicted molar refractivity (Wildman–Crippen MR) is 112 cm³/mol. The number of rotatable bonds is 3. The Morgan fingerprint density at radius 2 is 1.69 bits per heavy atom. The molecule has 29 heavy (non-hydrogen) atoms. The lowest BCUT2D eigenvalue weighted by molar-refractivity contribution is -0.147. The zero-order valence-corrected chi connectivity index (χ0v) is 17.4. The molecule has 144 valence electrons. The first-order chi connectivity index (χ1) is 13.8. The lowest BCUT2D eigenvalue weighted by Crippen LogP contribution is -2.37. The van der Waals surface area contributed by atoms with Gasteiger partial charge in [0.15, 0.2) is 5.78 Å². The summed E-state index contributed by atoms with van der Waals surface area (Å²) in [6.07, 6.45) is 0. The molecule has 1 aliphatic carbocycles. The van der Waals surface area contributed by atoms with E-state index in [1.165, 1.54) is 6.92 Å². The van der Waals surface area contributed by atoms with Gasteiger partial charge in [-0.25, -0.2) is 0 Å². The highest BCUT2D eigenvalue weighted by molar-refractivity contribution is 9.10. The van der Waals surface area contributed by atoms with E-state index in [4.69, 9.17) is 4.74 Å². The van der Waals surface area contributed by atoms with Crippen LogP contribution in [0.25, 0.3) is 10.8 Å². The van der Waals surface area contributed by atoms with Gasteiger partial charge in [-0.15, -0.1) is 0 Å². The van der Waals surface area contributed by atoms with E-state index in [9.17, 15) is 14.4 Å². The van der Waals surface area contributed by atoms with Crippen LogP contribution in [-0.2, 0) is 9.59 Å². The van der Waals surface area contributed by atoms with Crippen molar-refractivity contribution >= 4 is 44.2 Å². The van der Waals surface area contributed by atoms with Crippen LogP contribution in [0.15, 0.2) is 65.1 Å². The average molecular weight is 449 g/mol. The summed E-state index contributed by atoms with van der Waals surface area (Å²) in [6, 6.07) is 18.4. The lowest BCUT2D eigenvalue weighted by Gasteiger charge is -2.22. The van der Waals surface area contributed by atoms with Crippen LogP contribution < -0.4 is 4.74 Å². The number of halogens is 1. The van der Waals surface area contributed by atoms with Crippen molar-refractivity contribution in [1.29, 1.82) is 0 Å². The van der Waals surface area contributed by atoms with Crippen molar-refractivity contribution in [2.24, 2.45) is 10.8 Å². The van der Waals surface area contributed by atoms with Gasteiger partial charge in [-0.3, -0.25) is 14.4 Å². The number of ether oxygens (including phenoxy) is 1. The number of ketones is 2. The largest absolute Gasteiger partial charge is 0.425 e. The molecule has 3 aromatic carbocycles. The van der Waals surface area contributed by atoms with Gasteiger partial charge in [0.1, 0.15) is 16.9 Å². The molecule has 3 atom stereocenters. The second kappa shape index (κ2) is 5.86. The highest BCUT2D eigenvalue weighted by Crippen LogP contribution is 2.79. The molecule has 0 radical (unpaired) electrons. The zero-order valence-electron chi connectivity index (χ0n) is 15.9. The van der Waals surface area contributed by atoms with Crippen molar-refractivity contribution in [3.05, 3.63) is 76.3 Å². The Morgan fingerprint density at radius 3 is 2.38 bits per heavy atom. The van der Waals surface area contributed by atoms with Crippen LogP contribution in [0.1, 0.15) is 35.7 Å². The number of carbonyl (C=O) groups excluding carboxylic acids is 3. The fraction of sp³-hybridized carbons (Fsp3) is 0.208. The van der Waals surface area contributed by atoms with Crippen LogP contribution in [0, 0.1) is 10.8 Å². The molecule has 5 rings (SSSR count). The quantitative estimate of drug-likeness (QED) is 0.242. The first-order valence-corrected chi connectivity index (χ1v) is 10.2. The maximum atomic E-state index is 13.6. The van der Waals surface area contributed by atoms with Crippen molar-refractivity contribution < 1.29 is 19.1 Å². The highest BCUT2D eigenvalue weighted by Gasteiger charge is 2.86. The fourth-order valence-electron chi connectivity index (χ4n) is 5.22. The number of hydrogen-bond acceptors (Lipinski definition) is 4. The van der Waals surface area contributed by atoms with Crippen LogP contribution in [0.2, 0.25) is 0 Å². The highest BCUT2D eigenvalue weighted by atomic mass is 79.9. The summed E-state index contributed by atoms with van der Waals surface area (Å²) < 4.78 is 6.49. The molecule has 0 N–H and O–H groups in total. The second-order valence-corrected chi connectivity index (χ2v) is 8.84. The SMILES string of the molecule is CC(=O)C12C(=O)Oc3ccc4ccccc4c3C1C2(C)C(=O)c1ccc(Br)cc1. The first-order valence-electron chi connectivity index (χ1n) is 9.39. The Balaban J connectivity index is 1.77. The normalized spacial score (nSPS) is 27.0. The Kier molecular flexibility index (Phi) is 3.69. The van der Waals surface area contributed by atoms with Gasteiger partial charge in [0.2, 0.25) is 0 Å². The Morgan fingerprint density at radius 1 is 1.00 bits per heavy atom. The third-order valence-electron chi connectivity index (χ3n) is 6.62. The average Bonchev–Trinajstić information content (AvgIpc) is 3.31. The molecular weight excluding hydrogens is 432 g/mol. The number of fused-ring (bicyclic) bond motifs is 5. The maximum absolute atomic E-state index is 13.6. The molecule has 1 aliphatic heterocycles. The van der Waals surface area contributed by atoms with Gasteiger partial charge in [-0.2, -0.15) is 0 Å². The van der Waals surface area contributed by atoms with Gasteiger partial charge in [-0.05, 0) is 35.9 Å². The van der Waals surface area contributed by atoms with Gasteiger partial charge in [0.05, 0.1) is 5.41 Å². The van der Waals surface area contributed by atoms with Crippen molar-refractivity contribution in [3.63, 3.8) is 0 Å². The van der Waals surface area contributed by atoms with Gasteiger partial charge in [0.25, 0.3) is 0 Å². The van der Waals surface area contributed by atoms with E-state index in [1.807, 2.05) is 30.3 Å². The number of carbonyl (C=O) groups is 3. The predicted octanol–water partition coefficient (Wildman–Crippen LogP) is 5.08. The Hall–Kier alpha value is -2.79. The van der Waals surface area contributed by atoms with Crippen molar-refractivity contribution in [2.45, 2.75) is 19.8 Å². The lowest BCUT2D eigenvalue weighted by atomic mass is 9.85. The maximum Gasteiger partial charge on any atom is 0.326 e. The standard InChI is InChI=1S/C24H17BrO4/c1-13(26)24-20(23(24,2)21(27)15-7-10-16(25)11-8-15)19-17-6-4-3-5-14(17)9-12-18(19)29-22(24)28/h3-12,20H,1-2H3. The summed E-state index contributed by atoms with van der Waals surface area (Å²) in [5.74, 6) is -1.30. The van der Waals surface area contributed by atoms with Crippen molar-refractivity contribution in [2.75, 3.05) is 0 Å². The van der Waals surface area contributed by atoms with E-state index < -0.39 is 22.7 Å². The molecule has 1 heterocycles. The summed E-state index contributed by atoms with van der Waals surface area (Å²) >= 11 is 3.37. The van der Waals surface area contributed by atoms with E-state index >= 15 is 0 Å². The molecule has 0 spiro atoms. The monoisotopic (exact) mass is 448 g/mol. The summed E-state index contributed by atoms with van der Waals surface area (Å²) in [4.78, 5) is 39.6. The molecule has 0 bridgehead atoms. The number of esters is 1. The third kappa shape index (κ3) is 2.11. The number of hydrogen-bond donors (Lipinski definition) is 0. The van der Waals surface area contributed by atoms with E-state index in [0.717, 1.165) is 20.8 Å². The number of Topliss-reactive ketones (excluding diaryl/α,β-unsaturated/α-hetero) is 2. The van der Waals surface area contributed by atoms with Crippen LogP contribution in [0.5, 0.6) is 5.75 Å². The summed E-state index contributed by atoms with van der Waals surface area (Å²) in [7, 11) is 0. The van der Waals surface area contributed by atoms with E-state index in [-0.39, 0.29) is 11.6 Å². The minimum Gasteiger partial charge on any atom is -0.425 e. The Labute approximate surface area is 176 Å². The second-order valence-electron chi connectivity index (χ2n) is 7.92. The van der Waals surface area contributed by atoms with Gasteiger partial charge in [0, 0.05) is 21.5 Å². The van der Waals surface area contributed by atoms with Crippen molar-refractivity contribution in [1.82, 2.24) is 0 Å². The molecule has 3 unspecified atom stereocenters. The molecule has 0 saturated heterocycles. The minimum atomic E-state index is -1.49.